The lowest BCUT2D eigenvalue weighted by Gasteiger charge is -2.22. The summed E-state index contributed by atoms with van der Waals surface area (Å²) in [6, 6.07) is 5.37. The van der Waals surface area contributed by atoms with E-state index >= 15 is 0 Å². The summed E-state index contributed by atoms with van der Waals surface area (Å²) in [4.78, 5) is 0. The second-order valence-corrected chi connectivity index (χ2v) is 5.30. The van der Waals surface area contributed by atoms with E-state index < -0.39 is 0 Å². The Bertz CT molecular complexity index is 403. The molecule has 0 heterocycles. The van der Waals surface area contributed by atoms with Crippen molar-refractivity contribution in [2.24, 2.45) is 0 Å². The molecule has 2 N–H and O–H groups in total. The number of benzene rings is 1. The number of aromatic hydroxyl groups is 1. The molecule has 4 heteroatoms. The first-order valence-electron chi connectivity index (χ1n) is 7.48. The van der Waals surface area contributed by atoms with E-state index in [0.29, 0.717) is 18.4 Å². The summed E-state index contributed by atoms with van der Waals surface area (Å²) in [5.41, 5.74) is 0.878. The van der Waals surface area contributed by atoms with Gasteiger partial charge in [-0.2, -0.15) is 0 Å². The zero-order valence-corrected chi connectivity index (χ0v) is 12.2. The number of phenols is 1. The second kappa shape index (κ2) is 8.12. The summed E-state index contributed by atoms with van der Waals surface area (Å²) in [6.45, 7) is 2.19. The first-order valence-corrected chi connectivity index (χ1v) is 7.48. The average molecular weight is 279 g/mol. The van der Waals surface area contributed by atoms with Crippen LogP contribution in [0.5, 0.6) is 11.5 Å². The molecule has 1 aromatic carbocycles. The Balaban J connectivity index is 1.63. The Hall–Kier alpha value is -1.26. The molecule has 0 atom stereocenters. The summed E-state index contributed by atoms with van der Waals surface area (Å²) < 4.78 is 10.9. The fraction of sp³-hybridized carbons (Fsp3) is 0.625. The zero-order valence-electron chi connectivity index (χ0n) is 12.2. The van der Waals surface area contributed by atoms with Gasteiger partial charge in [-0.15, -0.1) is 0 Å². The summed E-state index contributed by atoms with van der Waals surface area (Å²) in [5.74, 6) is 0.942. The maximum Gasteiger partial charge on any atom is 0.123 e. The zero-order chi connectivity index (χ0) is 14.2. The van der Waals surface area contributed by atoms with Gasteiger partial charge < -0.3 is 19.9 Å². The van der Waals surface area contributed by atoms with E-state index in [1.165, 1.54) is 32.1 Å². The van der Waals surface area contributed by atoms with Crippen molar-refractivity contribution >= 4 is 0 Å². The lowest BCUT2D eigenvalue weighted by Crippen LogP contribution is -2.24. The van der Waals surface area contributed by atoms with Gasteiger partial charge in [0.2, 0.25) is 0 Å². The molecule has 0 amide bonds. The monoisotopic (exact) mass is 279 g/mol. The first kappa shape index (κ1) is 15.1. The van der Waals surface area contributed by atoms with Gasteiger partial charge in [-0.05, 0) is 18.9 Å². The summed E-state index contributed by atoms with van der Waals surface area (Å²) in [5, 5.41) is 13.1. The summed E-state index contributed by atoms with van der Waals surface area (Å²) in [7, 11) is 1.59. The van der Waals surface area contributed by atoms with Gasteiger partial charge in [-0.25, -0.2) is 0 Å². The van der Waals surface area contributed by atoms with Gasteiger partial charge in [0, 0.05) is 24.7 Å². The molecule has 1 fully saturated rings. The van der Waals surface area contributed by atoms with E-state index in [0.717, 1.165) is 18.7 Å². The van der Waals surface area contributed by atoms with Crippen molar-refractivity contribution < 1.29 is 14.6 Å². The quantitative estimate of drug-likeness (QED) is 0.754. The topological polar surface area (TPSA) is 50.7 Å². The Morgan fingerprint density at radius 1 is 1.25 bits per heavy atom. The smallest absolute Gasteiger partial charge is 0.123 e. The molecule has 2 rings (SSSR count). The van der Waals surface area contributed by atoms with Crippen molar-refractivity contribution in [2.75, 3.05) is 20.3 Å². The number of phenolic OH excluding ortho intramolecular Hbond substituents is 1. The van der Waals surface area contributed by atoms with Crippen LogP contribution in [0.3, 0.4) is 0 Å². The highest BCUT2D eigenvalue weighted by molar-refractivity contribution is 5.39. The van der Waals surface area contributed by atoms with Crippen LogP contribution >= 0.6 is 0 Å². The molecule has 0 unspecified atom stereocenters. The molecule has 1 saturated carbocycles. The molecule has 20 heavy (non-hydrogen) atoms. The van der Waals surface area contributed by atoms with E-state index in [9.17, 15) is 5.11 Å². The summed E-state index contributed by atoms with van der Waals surface area (Å²) >= 11 is 0. The van der Waals surface area contributed by atoms with Crippen molar-refractivity contribution in [1.29, 1.82) is 0 Å². The fourth-order valence-electron chi connectivity index (χ4n) is 2.57. The van der Waals surface area contributed by atoms with Crippen molar-refractivity contribution in [3.8, 4) is 11.5 Å². The lowest BCUT2D eigenvalue weighted by atomic mass is 9.98. The van der Waals surface area contributed by atoms with Crippen LogP contribution in [0.25, 0.3) is 0 Å². The Kier molecular flexibility index (Phi) is 6.15. The minimum atomic E-state index is 0.269. The largest absolute Gasteiger partial charge is 0.507 e. The molecule has 0 bridgehead atoms. The number of ether oxygens (including phenoxy) is 2. The normalized spacial score (nSPS) is 16.2. The van der Waals surface area contributed by atoms with Gasteiger partial charge in [0.1, 0.15) is 11.5 Å². The Morgan fingerprint density at radius 3 is 2.75 bits per heavy atom. The van der Waals surface area contributed by atoms with Gasteiger partial charge in [0.05, 0.1) is 19.8 Å². The van der Waals surface area contributed by atoms with Crippen LogP contribution in [0.4, 0.5) is 0 Å². The van der Waals surface area contributed by atoms with Crippen molar-refractivity contribution in [2.45, 2.75) is 44.8 Å². The van der Waals surface area contributed by atoms with Gasteiger partial charge in [-0.3, -0.25) is 0 Å². The molecule has 4 nitrogen and oxygen atoms in total. The molecule has 0 aromatic heterocycles. The SMILES string of the molecule is COc1ccc(CNCCOC2CCCCC2)c(O)c1. The van der Waals surface area contributed by atoms with Crippen LogP contribution in [0.1, 0.15) is 37.7 Å². The van der Waals surface area contributed by atoms with Crippen LogP contribution in [-0.2, 0) is 11.3 Å². The molecule has 0 saturated heterocycles. The average Bonchev–Trinajstić information content (AvgIpc) is 2.49. The molecular weight excluding hydrogens is 254 g/mol. The summed E-state index contributed by atoms with van der Waals surface area (Å²) in [6.07, 6.45) is 6.84. The lowest BCUT2D eigenvalue weighted by molar-refractivity contribution is 0.0302. The molecule has 0 aliphatic heterocycles. The highest BCUT2D eigenvalue weighted by atomic mass is 16.5. The minimum Gasteiger partial charge on any atom is -0.507 e. The van der Waals surface area contributed by atoms with Gasteiger partial charge in [-0.1, -0.05) is 25.3 Å². The maximum absolute atomic E-state index is 9.83. The molecule has 1 aliphatic carbocycles. The van der Waals surface area contributed by atoms with Crippen LogP contribution in [0.2, 0.25) is 0 Å². The molecular formula is C16H25NO3. The predicted molar refractivity (Wildman–Crippen MR) is 79.2 cm³/mol. The highest BCUT2D eigenvalue weighted by Gasteiger charge is 2.12. The van der Waals surface area contributed by atoms with Crippen LogP contribution in [0, 0.1) is 0 Å². The molecule has 0 radical (unpaired) electrons. The van der Waals surface area contributed by atoms with Gasteiger partial charge in [0.15, 0.2) is 0 Å². The number of hydrogen-bond donors (Lipinski definition) is 2. The Labute approximate surface area is 121 Å². The maximum atomic E-state index is 9.83. The van der Waals surface area contributed by atoms with E-state index in [-0.39, 0.29) is 5.75 Å². The minimum absolute atomic E-state index is 0.269. The van der Waals surface area contributed by atoms with Crippen LogP contribution in [-0.4, -0.2) is 31.5 Å². The van der Waals surface area contributed by atoms with Gasteiger partial charge in [0.25, 0.3) is 0 Å². The van der Waals surface area contributed by atoms with E-state index in [2.05, 4.69) is 5.32 Å². The van der Waals surface area contributed by atoms with E-state index in [1.807, 2.05) is 12.1 Å². The van der Waals surface area contributed by atoms with Crippen molar-refractivity contribution in [1.82, 2.24) is 5.32 Å². The number of hydrogen-bond acceptors (Lipinski definition) is 4. The first-order chi connectivity index (χ1) is 9.79. The number of nitrogens with one attached hydrogen (secondary N) is 1. The molecule has 1 aromatic rings. The molecule has 1 aliphatic rings. The van der Waals surface area contributed by atoms with Crippen LogP contribution in [0.15, 0.2) is 18.2 Å². The van der Waals surface area contributed by atoms with Crippen molar-refractivity contribution in [3.05, 3.63) is 23.8 Å². The third-order valence-electron chi connectivity index (χ3n) is 3.79. The van der Waals surface area contributed by atoms with E-state index in [4.69, 9.17) is 9.47 Å². The fourth-order valence-corrected chi connectivity index (χ4v) is 2.57. The number of rotatable bonds is 7. The predicted octanol–water partition coefficient (Wildman–Crippen LogP) is 2.84. The Morgan fingerprint density at radius 2 is 2.05 bits per heavy atom. The molecule has 112 valence electrons. The third-order valence-corrected chi connectivity index (χ3v) is 3.79. The standard InChI is InChI=1S/C16H25NO3/c1-19-15-8-7-13(16(18)11-15)12-17-9-10-20-14-5-3-2-4-6-14/h7-8,11,14,17-18H,2-6,9-10,12H2,1H3. The highest BCUT2D eigenvalue weighted by Crippen LogP contribution is 2.23. The van der Waals surface area contributed by atoms with E-state index in [1.54, 1.807) is 13.2 Å². The molecule has 0 spiro atoms. The number of methoxy groups -OCH3 is 1. The van der Waals surface area contributed by atoms with Crippen LogP contribution < -0.4 is 10.1 Å². The second-order valence-electron chi connectivity index (χ2n) is 5.30. The third kappa shape index (κ3) is 4.69. The van der Waals surface area contributed by atoms with Gasteiger partial charge >= 0.3 is 0 Å². The van der Waals surface area contributed by atoms with Crippen molar-refractivity contribution in [3.63, 3.8) is 0 Å².